The Kier molecular flexibility index (Phi) is 4.84. The van der Waals surface area contributed by atoms with Crippen LogP contribution in [0.4, 0.5) is 0 Å². The zero-order valence-electron chi connectivity index (χ0n) is 14.9. The summed E-state index contributed by atoms with van der Waals surface area (Å²) in [5.74, 6) is 0. The molecule has 24 heavy (non-hydrogen) atoms. The molecule has 0 aliphatic rings. The fourth-order valence-electron chi connectivity index (χ4n) is 3.90. The van der Waals surface area contributed by atoms with Crippen LogP contribution >= 0.6 is 0 Å². The second-order valence-corrected chi connectivity index (χ2v) is 6.90. The van der Waals surface area contributed by atoms with Crippen LogP contribution in [0.15, 0.2) is 79.4 Å². The van der Waals surface area contributed by atoms with Crippen molar-refractivity contribution >= 4 is 0 Å². The Morgan fingerprint density at radius 3 is 2.17 bits per heavy atom. The standard InChI is InChI=1S/C22H27N2/c1-4-21(24-16-15-23(3)18-24)22(2,20-13-9-6-10-14-20)17-19-11-7-5-8-12-19/h5-16,18,21H,4,17H2,1-3H3/q+1. The normalized spacial score (nSPS) is 15.0. The first-order chi connectivity index (χ1) is 11.6. The summed E-state index contributed by atoms with van der Waals surface area (Å²) in [6, 6.07) is 22.2. The van der Waals surface area contributed by atoms with Crippen LogP contribution < -0.4 is 4.57 Å². The summed E-state index contributed by atoms with van der Waals surface area (Å²) in [6.07, 6.45) is 8.63. The molecule has 3 aromatic rings. The van der Waals surface area contributed by atoms with Crippen molar-refractivity contribution in [3.05, 3.63) is 90.5 Å². The number of imidazole rings is 1. The zero-order valence-corrected chi connectivity index (χ0v) is 14.9. The van der Waals surface area contributed by atoms with Gasteiger partial charge in [-0.15, -0.1) is 0 Å². The van der Waals surface area contributed by atoms with Gasteiger partial charge in [-0.2, -0.15) is 0 Å². The lowest BCUT2D eigenvalue weighted by molar-refractivity contribution is -0.671. The maximum Gasteiger partial charge on any atom is 0.243 e. The molecule has 2 atom stereocenters. The molecule has 2 aromatic carbocycles. The molecule has 3 rings (SSSR count). The first kappa shape index (κ1) is 16.5. The average Bonchev–Trinajstić information content (AvgIpc) is 3.03. The van der Waals surface area contributed by atoms with Crippen LogP contribution in [0.3, 0.4) is 0 Å². The predicted octanol–water partition coefficient (Wildman–Crippen LogP) is 4.46. The highest BCUT2D eigenvalue weighted by Crippen LogP contribution is 2.40. The SMILES string of the molecule is CCC(n1cc[n+](C)c1)C(C)(Cc1ccccc1)c1ccccc1. The van der Waals surface area contributed by atoms with Gasteiger partial charge in [0.05, 0.1) is 7.05 Å². The molecule has 1 heterocycles. The Bertz CT molecular complexity index is 761. The average molecular weight is 319 g/mol. The first-order valence-corrected chi connectivity index (χ1v) is 8.75. The van der Waals surface area contributed by atoms with E-state index in [2.05, 4.69) is 109 Å². The highest BCUT2D eigenvalue weighted by atomic mass is 15.1. The Morgan fingerprint density at radius 2 is 1.62 bits per heavy atom. The van der Waals surface area contributed by atoms with Gasteiger partial charge in [0.15, 0.2) is 0 Å². The van der Waals surface area contributed by atoms with Gasteiger partial charge in [0.1, 0.15) is 18.4 Å². The first-order valence-electron chi connectivity index (χ1n) is 8.75. The van der Waals surface area contributed by atoms with Gasteiger partial charge in [0.25, 0.3) is 0 Å². The van der Waals surface area contributed by atoms with Crippen molar-refractivity contribution in [1.29, 1.82) is 0 Å². The van der Waals surface area contributed by atoms with Gasteiger partial charge in [-0.3, -0.25) is 0 Å². The maximum atomic E-state index is 2.41. The fourth-order valence-corrected chi connectivity index (χ4v) is 3.90. The van der Waals surface area contributed by atoms with E-state index in [0.717, 1.165) is 12.8 Å². The summed E-state index contributed by atoms with van der Waals surface area (Å²) in [5, 5.41) is 0. The highest BCUT2D eigenvalue weighted by Gasteiger charge is 2.39. The van der Waals surface area contributed by atoms with E-state index < -0.39 is 0 Å². The lowest BCUT2D eigenvalue weighted by Crippen LogP contribution is -2.36. The Labute approximate surface area is 145 Å². The third-order valence-electron chi connectivity index (χ3n) is 5.12. The summed E-state index contributed by atoms with van der Waals surface area (Å²) in [5.41, 5.74) is 2.82. The molecule has 2 heteroatoms. The lowest BCUT2D eigenvalue weighted by atomic mass is 9.70. The summed E-state index contributed by atoms with van der Waals surface area (Å²) in [7, 11) is 2.08. The topological polar surface area (TPSA) is 8.81 Å². The molecule has 0 saturated carbocycles. The van der Waals surface area contributed by atoms with Crippen molar-refractivity contribution in [3.63, 3.8) is 0 Å². The predicted molar refractivity (Wildman–Crippen MR) is 98.9 cm³/mol. The fraction of sp³-hybridized carbons (Fsp3) is 0.318. The summed E-state index contributed by atoms with van der Waals surface area (Å²) < 4.78 is 4.49. The van der Waals surface area contributed by atoms with Gasteiger partial charge in [0.2, 0.25) is 6.33 Å². The largest absolute Gasteiger partial charge is 0.243 e. The summed E-state index contributed by atoms with van der Waals surface area (Å²) in [6.45, 7) is 4.69. The number of rotatable bonds is 6. The molecule has 0 saturated heterocycles. The van der Waals surface area contributed by atoms with Crippen molar-refractivity contribution in [1.82, 2.24) is 4.57 Å². The van der Waals surface area contributed by atoms with Crippen molar-refractivity contribution in [2.75, 3.05) is 0 Å². The van der Waals surface area contributed by atoms with E-state index in [0.29, 0.717) is 6.04 Å². The van der Waals surface area contributed by atoms with Gasteiger partial charge >= 0.3 is 0 Å². The lowest BCUT2D eigenvalue weighted by Gasteiger charge is -2.36. The Hall–Kier alpha value is -2.35. The molecule has 0 radical (unpaired) electrons. The van der Waals surface area contributed by atoms with Crippen molar-refractivity contribution < 1.29 is 4.57 Å². The Morgan fingerprint density at radius 1 is 1.00 bits per heavy atom. The van der Waals surface area contributed by atoms with Crippen LogP contribution in [-0.4, -0.2) is 4.57 Å². The molecular formula is C22H27N2+. The van der Waals surface area contributed by atoms with E-state index in [1.807, 2.05) is 0 Å². The molecule has 0 fully saturated rings. The second kappa shape index (κ2) is 7.04. The van der Waals surface area contributed by atoms with Crippen LogP contribution in [0.5, 0.6) is 0 Å². The Balaban J connectivity index is 2.07. The minimum atomic E-state index is 0.0311. The monoisotopic (exact) mass is 319 g/mol. The van der Waals surface area contributed by atoms with Gasteiger partial charge in [-0.1, -0.05) is 74.5 Å². The number of aromatic nitrogens is 2. The number of hydrogen-bond acceptors (Lipinski definition) is 0. The molecule has 0 bridgehead atoms. The smallest absolute Gasteiger partial charge is 0.240 e. The van der Waals surface area contributed by atoms with E-state index in [-0.39, 0.29) is 5.41 Å². The molecule has 0 amide bonds. The maximum absolute atomic E-state index is 2.41. The number of hydrogen-bond donors (Lipinski definition) is 0. The number of benzene rings is 2. The molecule has 0 N–H and O–H groups in total. The summed E-state index contributed by atoms with van der Waals surface area (Å²) >= 11 is 0. The molecular weight excluding hydrogens is 292 g/mol. The van der Waals surface area contributed by atoms with E-state index in [1.54, 1.807) is 0 Å². The number of aryl methyl sites for hydroxylation is 1. The summed E-state index contributed by atoms with van der Waals surface area (Å²) in [4.78, 5) is 0. The van der Waals surface area contributed by atoms with Gasteiger partial charge in [-0.05, 0) is 24.0 Å². The van der Waals surface area contributed by atoms with Crippen molar-refractivity contribution in [2.45, 2.75) is 38.1 Å². The van der Waals surface area contributed by atoms with E-state index in [4.69, 9.17) is 0 Å². The van der Waals surface area contributed by atoms with Crippen LogP contribution in [-0.2, 0) is 18.9 Å². The van der Waals surface area contributed by atoms with Gasteiger partial charge in [0, 0.05) is 5.41 Å². The third kappa shape index (κ3) is 3.28. The van der Waals surface area contributed by atoms with Crippen LogP contribution in [0.1, 0.15) is 37.4 Å². The minimum absolute atomic E-state index is 0.0311. The molecule has 2 unspecified atom stereocenters. The molecule has 2 nitrogen and oxygen atoms in total. The van der Waals surface area contributed by atoms with Gasteiger partial charge < -0.3 is 0 Å². The molecule has 0 spiro atoms. The van der Waals surface area contributed by atoms with E-state index in [1.165, 1.54) is 11.1 Å². The number of nitrogens with zero attached hydrogens (tertiary/aromatic N) is 2. The van der Waals surface area contributed by atoms with Crippen LogP contribution in [0, 0.1) is 0 Å². The van der Waals surface area contributed by atoms with Crippen LogP contribution in [0.25, 0.3) is 0 Å². The molecule has 0 aliphatic heterocycles. The van der Waals surface area contributed by atoms with Crippen molar-refractivity contribution in [2.24, 2.45) is 7.05 Å². The van der Waals surface area contributed by atoms with Crippen molar-refractivity contribution in [3.8, 4) is 0 Å². The molecule has 124 valence electrons. The quantitative estimate of drug-likeness (QED) is 0.593. The molecule has 1 aromatic heterocycles. The minimum Gasteiger partial charge on any atom is -0.240 e. The third-order valence-corrected chi connectivity index (χ3v) is 5.12. The second-order valence-electron chi connectivity index (χ2n) is 6.90. The molecule has 0 aliphatic carbocycles. The van der Waals surface area contributed by atoms with Crippen LogP contribution in [0.2, 0.25) is 0 Å². The van der Waals surface area contributed by atoms with E-state index in [9.17, 15) is 0 Å². The highest BCUT2D eigenvalue weighted by molar-refractivity contribution is 5.30. The van der Waals surface area contributed by atoms with E-state index >= 15 is 0 Å². The zero-order chi connectivity index (χ0) is 17.0. The van der Waals surface area contributed by atoms with Gasteiger partial charge in [-0.25, -0.2) is 9.13 Å².